The number of aliphatic hydroxyl groups excluding tert-OH is 1. The van der Waals surface area contributed by atoms with Gasteiger partial charge in [-0.15, -0.1) is 0 Å². The molecule has 0 saturated heterocycles. The molecule has 0 aliphatic carbocycles. The van der Waals surface area contributed by atoms with E-state index >= 15 is 0 Å². The topological polar surface area (TPSA) is 112 Å². The van der Waals surface area contributed by atoms with Crippen molar-refractivity contribution < 1.29 is 9.90 Å². The fourth-order valence-electron chi connectivity index (χ4n) is 3.44. The first-order valence-corrected chi connectivity index (χ1v) is 10.3. The quantitative estimate of drug-likeness (QED) is 0.466. The molecule has 0 fully saturated rings. The number of anilines is 2. The van der Waals surface area contributed by atoms with Gasteiger partial charge in [-0.1, -0.05) is 13.8 Å². The molecule has 3 aromatic rings. The molecule has 164 valence electrons. The van der Waals surface area contributed by atoms with Crippen LogP contribution >= 0.6 is 0 Å². The third kappa shape index (κ3) is 5.03. The van der Waals surface area contributed by atoms with Gasteiger partial charge in [-0.05, 0) is 50.5 Å². The molecule has 0 aliphatic rings. The van der Waals surface area contributed by atoms with Gasteiger partial charge in [0.05, 0.1) is 23.0 Å². The molecule has 0 aromatic carbocycles. The lowest BCUT2D eigenvalue weighted by atomic mass is 10.1. The normalized spacial score (nSPS) is 12.1. The Bertz CT molecular complexity index is 1140. The third-order valence-corrected chi connectivity index (χ3v) is 4.93. The highest BCUT2D eigenvalue weighted by Gasteiger charge is 2.17. The summed E-state index contributed by atoms with van der Waals surface area (Å²) in [7, 11) is 0. The Kier molecular flexibility index (Phi) is 6.60. The van der Waals surface area contributed by atoms with Crippen molar-refractivity contribution in [3.8, 4) is 5.69 Å². The molecule has 31 heavy (non-hydrogen) atoms. The van der Waals surface area contributed by atoms with E-state index in [1.54, 1.807) is 25.3 Å². The number of rotatable bonds is 7. The highest BCUT2D eigenvalue weighted by Crippen LogP contribution is 2.28. The summed E-state index contributed by atoms with van der Waals surface area (Å²) in [5.41, 5.74) is 4.66. The Balaban J connectivity index is 2.05. The van der Waals surface area contributed by atoms with E-state index in [4.69, 9.17) is 0 Å². The van der Waals surface area contributed by atoms with E-state index in [1.165, 1.54) is 6.20 Å². The second kappa shape index (κ2) is 9.18. The summed E-state index contributed by atoms with van der Waals surface area (Å²) in [6.07, 6.45) is 4.33. The lowest BCUT2D eigenvalue weighted by molar-refractivity contribution is 0.0924. The molecule has 0 saturated carbocycles. The van der Waals surface area contributed by atoms with E-state index in [0.29, 0.717) is 22.6 Å². The van der Waals surface area contributed by atoms with Crippen LogP contribution in [-0.4, -0.2) is 38.2 Å². The van der Waals surface area contributed by atoms with E-state index in [9.17, 15) is 14.7 Å². The highest BCUT2D eigenvalue weighted by atomic mass is 16.3. The van der Waals surface area contributed by atoms with Gasteiger partial charge in [0.15, 0.2) is 0 Å². The minimum Gasteiger partial charge on any atom is -0.392 e. The minimum atomic E-state index is -0.653. The van der Waals surface area contributed by atoms with Crippen LogP contribution in [0.5, 0.6) is 0 Å². The summed E-state index contributed by atoms with van der Waals surface area (Å²) in [5, 5.41) is 15.5. The largest absolute Gasteiger partial charge is 0.392 e. The van der Waals surface area contributed by atoms with Gasteiger partial charge in [0, 0.05) is 36.5 Å². The van der Waals surface area contributed by atoms with Crippen molar-refractivity contribution in [2.75, 3.05) is 11.9 Å². The van der Waals surface area contributed by atoms with Crippen LogP contribution in [0.15, 0.2) is 41.6 Å². The molecular weight excluding hydrogens is 394 g/mol. The number of H-pyrrole nitrogens is 1. The van der Waals surface area contributed by atoms with Crippen LogP contribution in [0.1, 0.15) is 54.0 Å². The second-order valence-electron chi connectivity index (χ2n) is 8.10. The number of aryl methyl sites for hydroxylation is 2. The SMILES string of the molecule is Cc1cc(C)n(-c2cc(Nc3ccncc3C(=O)NCC(C)O)c(C(C)C)[nH]c2=O)c1. The predicted octanol–water partition coefficient (Wildman–Crippen LogP) is 3.16. The van der Waals surface area contributed by atoms with Gasteiger partial charge in [0.25, 0.3) is 11.5 Å². The molecule has 0 aliphatic heterocycles. The Labute approximate surface area is 181 Å². The zero-order chi connectivity index (χ0) is 22.7. The summed E-state index contributed by atoms with van der Waals surface area (Å²) in [6, 6.07) is 5.52. The van der Waals surface area contributed by atoms with Crippen LogP contribution in [0.4, 0.5) is 11.4 Å². The lowest BCUT2D eigenvalue weighted by Crippen LogP contribution is -2.31. The third-order valence-electron chi connectivity index (χ3n) is 4.93. The van der Waals surface area contributed by atoms with Crippen LogP contribution in [0, 0.1) is 13.8 Å². The molecule has 0 bridgehead atoms. The Morgan fingerprint density at radius 3 is 2.58 bits per heavy atom. The van der Waals surface area contributed by atoms with Crippen LogP contribution in [0.25, 0.3) is 5.69 Å². The van der Waals surface area contributed by atoms with Crippen LogP contribution in [0.3, 0.4) is 0 Å². The fraction of sp³-hybridized carbons (Fsp3) is 0.348. The fourth-order valence-corrected chi connectivity index (χ4v) is 3.44. The maximum Gasteiger partial charge on any atom is 0.272 e. The van der Waals surface area contributed by atoms with Crippen molar-refractivity contribution in [3.05, 3.63) is 69.7 Å². The summed E-state index contributed by atoms with van der Waals surface area (Å²) in [6.45, 7) is 9.65. The standard InChI is InChI=1S/C23H29N5O3/c1-13(2)21-19(9-20(23(31)27-21)28-12-14(3)8-15(28)4)26-18-6-7-24-11-17(18)22(30)25-10-16(5)29/h6-9,11-13,16,29H,10H2,1-5H3,(H,24,26)(H,25,30)(H,27,31). The zero-order valence-corrected chi connectivity index (χ0v) is 18.5. The Hall–Kier alpha value is -3.39. The van der Waals surface area contributed by atoms with Crippen molar-refractivity contribution >= 4 is 17.3 Å². The van der Waals surface area contributed by atoms with Crippen LogP contribution < -0.4 is 16.2 Å². The van der Waals surface area contributed by atoms with Crippen molar-refractivity contribution in [2.45, 2.75) is 46.6 Å². The summed E-state index contributed by atoms with van der Waals surface area (Å²) < 4.78 is 1.85. The molecule has 1 atom stereocenters. The molecule has 3 rings (SSSR count). The average Bonchev–Trinajstić information content (AvgIpc) is 3.05. The number of amides is 1. The monoisotopic (exact) mass is 423 g/mol. The molecular formula is C23H29N5O3. The average molecular weight is 424 g/mol. The molecule has 8 nitrogen and oxygen atoms in total. The van der Waals surface area contributed by atoms with Crippen LogP contribution in [0.2, 0.25) is 0 Å². The highest BCUT2D eigenvalue weighted by molar-refractivity contribution is 6.00. The molecule has 3 aromatic heterocycles. The number of aromatic nitrogens is 3. The van der Waals surface area contributed by atoms with E-state index in [1.807, 2.05) is 44.5 Å². The summed E-state index contributed by atoms with van der Waals surface area (Å²) in [5.74, 6) is -0.296. The van der Waals surface area contributed by atoms with Gasteiger partial charge < -0.3 is 25.3 Å². The van der Waals surface area contributed by atoms with E-state index in [-0.39, 0.29) is 23.9 Å². The number of aliphatic hydroxyl groups is 1. The first-order chi connectivity index (χ1) is 14.7. The molecule has 4 N–H and O–H groups in total. The number of nitrogens with zero attached hydrogens (tertiary/aromatic N) is 2. The van der Waals surface area contributed by atoms with Gasteiger partial charge >= 0.3 is 0 Å². The Morgan fingerprint density at radius 2 is 1.97 bits per heavy atom. The van der Waals surface area contributed by atoms with Crippen molar-refractivity contribution in [3.63, 3.8) is 0 Å². The van der Waals surface area contributed by atoms with Gasteiger partial charge in [0.1, 0.15) is 5.69 Å². The van der Waals surface area contributed by atoms with Crippen molar-refractivity contribution in [1.29, 1.82) is 0 Å². The lowest BCUT2D eigenvalue weighted by Gasteiger charge is -2.18. The van der Waals surface area contributed by atoms with E-state index < -0.39 is 6.10 Å². The maximum absolute atomic E-state index is 12.8. The predicted molar refractivity (Wildman–Crippen MR) is 121 cm³/mol. The zero-order valence-electron chi connectivity index (χ0n) is 18.5. The molecule has 1 unspecified atom stereocenters. The number of carbonyl (C=O) groups excluding carboxylic acids is 1. The number of hydrogen-bond donors (Lipinski definition) is 4. The minimum absolute atomic E-state index is 0.0473. The molecule has 3 heterocycles. The molecule has 0 spiro atoms. The van der Waals surface area contributed by atoms with Gasteiger partial charge in [-0.2, -0.15) is 0 Å². The first-order valence-electron chi connectivity index (χ1n) is 10.3. The number of aromatic amines is 1. The van der Waals surface area contributed by atoms with Crippen molar-refractivity contribution in [2.24, 2.45) is 0 Å². The first kappa shape index (κ1) is 22.3. The number of nitrogens with one attached hydrogen (secondary N) is 3. The molecule has 0 radical (unpaired) electrons. The summed E-state index contributed by atoms with van der Waals surface area (Å²) >= 11 is 0. The second-order valence-corrected chi connectivity index (χ2v) is 8.10. The van der Waals surface area contributed by atoms with E-state index in [2.05, 4.69) is 20.6 Å². The maximum atomic E-state index is 12.8. The molecule has 8 heteroatoms. The smallest absolute Gasteiger partial charge is 0.272 e. The number of hydrogen-bond acceptors (Lipinski definition) is 5. The number of carbonyl (C=O) groups is 1. The van der Waals surface area contributed by atoms with Gasteiger partial charge in [0.2, 0.25) is 0 Å². The van der Waals surface area contributed by atoms with Gasteiger partial charge in [-0.3, -0.25) is 14.6 Å². The van der Waals surface area contributed by atoms with Crippen LogP contribution in [-0.2, 0) is 0 Å². The van der Waals surface area contributed by atoms with Crippen molar-refractivity contribution in [1.82, 2.24) is 19.9 Å². The Morgan fingerprint density at radius 1 is 1.23 bits per heavy atom. The van der Waals surface area contributed by atoms with Gasteiger partial charge in [-0.25, -0.2) is 0 Å². The molecule has 1 amide bonds. The summed E-state index contributed by atoms with van der Waals surface area (Å²) in [4.78, 5) is 32.5. The van der Waals surface area contributed by atoms with E-state index in [0.717, 1.165) is 17.0 Å². The number of pyridine rings is 2.